The standard InChI is InChI=1S/C15H14ClFN2O3/c1-2-22-15(21)9-6-19(7-3-4-7)13-8(14(9)20)5-10(17)12(18)11(13)16/h5-7H,2-4,18H2,1H3. The lowest BCUT2D eigenvalue weighted by atomic mass is 10.1. The summed E-state index contributed by atoms with van der Waals surface area (Å²) in [5.41, 5.74) is 5.05. The van der Waals surface area contributed by atoms with Crippen molar-refractivity contribution in [2.45, 2.75) is 25.8 Å². The smallest absolute Gasteiger partial charge is 0.343 e. The van der Waals surface area contributed by atoms with Crippen molar-refractivity contribution in [3.8, 4) is 0 Å². The van der Waals surface area contributed by atoms with Crippen LogP contribution in [0, 0.1) is 5.82 Å². The number of benzene rings is 1. The number of hydrogen-bond acceptors (Lipinski definition) is 4. The van der Waals surface area contributed by atoms with Gasteiger partial charge in [0.1, 0.15) is 11.4 Å². The van der Waals surface area contributed by atoms with E-state index >= 15 is 0 Å². The van der Waals surface area contributed by atoms with Gasteiger partial charge in [0.2, 0.25) is 5.43 Å². The van der Waals surface area contributed by atoms with E-state index in [9.17, 15) is 14.0 Å². The van der Waals surface area contributed by atoms with Crippen LogP contribution in [-0.4, -0.2) is 17.1 Å². The number of esters is 1. The molecule has 0 amide bonds. The number of carbonyl (C=O) groups is 1. The Kier molecular flexibility index (Phi) is 3.56. The van der Waals surface area contributed by atoms with Crippen molar-refractivity contribution in [3.05, 3.63) is 38.9 Å². The van der Waals surface area contributed by atoms with E-state index in [4.69, 9.17) is 22.1 Å². The topological polar surface area (TPSA) is 74.3 Å². The monoisotopic (exact) mass is 324 g/mol. The zero-order valence-electron chi connectivity index (χ0n) is 11.9. The predicted molar refractivity (Wildman–Crippen MR) is 81.8 cm³/mol. The third-order valence-corrected chi connectivity index (χ3v) is 4.06. The number of carbonyl (C=O) groups excluding carboxylic acids is 1. The third-order valence-electron chi connectivity index (χ3n) is 3.68. The van der Waals surface area contributed by atoms with Gasteiger partial charge in [-0.3, -0.25) is 4.79 Å². The van der Waals surface area contributed by atoms with Crippen LogP contribution < -0.4 is 11.2 Å². The van der Waals surface area contributed by atoms with Crippen LogP contribution in [0.5, 0.6) is 0 Å². The fraction of sp³-hybridized carbons (Fsp3) is 0.333. The zero-order chi connectivity index (χ0) is 16.0. The molecule has 2 N–H and O–H groups in total. The number of pyridine rings is 1. The molecule has 0 bridgehead atoms. The Bertz CT molecular complexity index is 843. The van der Waals surface area contributed by atoms with Crippen LogP contribution in [-0.2, 0) is 4.74 Å². The first kappa shape index (κ1) is 14.8. The molecule has 0 saturated heterocycles. The Morgan fingerprint density at radius 3 is 2.82 bits per heavy atom. The molecule has 7 heteroatoms. The van der Waals surface area contributed by atoms with Gasteiger partial charge in [0, 0.05) is 12.2 Å². The molecule has 3 rings (SSSR count). The number of hydrogen-bond donors (Lipinski definition) is 1. The summed E-state index contributed by atoms with van der Waals surface area (Å²) in [5.74, 6) is -1.50. The molecule has 1 fully saturated rings. The molecule has 0 unspecified atom stereocenters. The predicted octanol–water partition coefficient (Wildman–Crippen LogP) is 2.89. The van der Waals surface area contributed by atoms with Gasteiger partial charge in [-0.1, -0.05) is 11.6 Å². The van der Waals surface area contributed by atoms with E-state index in [1.165, 1.54) is 6.20 Å². The lowest BCUT2D eigenvalue weighted by molar-refractivity contribution is 0.0524. The number of aromatic nitrogens is 1. The van der Waals surface area contributed by atoms with Crippen LogP contribution in [0.1, 0.15) is 36.2 Å². The van der Waals surface area contributed by atoms with Crippen LogP contribution in [0.4, 0.5) is 10.1 Å². The molecule has 1 aliphatic carbocycles. The molecule has 1 aliphatic rings. The second kappa shape index (κ2) is 5.28. The van der Waals surface area contributed by atoms with E-state index in [0.717, 1.165) is 18.9 Å². The molecule has 1 aromatic carbocycles. The zero-order valence-corrected chi connectivity index (χ0v) is 12.6. The van der Waals surface area contributed by atoms with Gasteiger partial charge >= 0.3 is 5.97 Å². The van der Waals surface area contributed by atoms with E-state index in [-0.39, 0.29) is 34.3 Å². The first-order chi connectivity index (χ1) is 10.5. The summed E-state index contributed by atoms with van der Waals surface area (Å²) in [5, 5.41) is 0.0311. The highest BCUT2D eigenvalue weighted by atomic mass is 35.5. The molecular formula is C15H14ClFN2O3. The van der Waals surface area contributed by atoms with Crippen molar-refractivity contribution >= 4 is 34.2 Å². The van der Waals surface area contributed by atoms with Crippen molar-refractivity contribution in [2.75, 3.05) is 12.3 Å². The molecule has 1 heterocycles. The number of nitrogen functional groups attached to an aromatic ring is 1. The first-order valence-electron chi connectivity index (χ1n) is 6.95. The number of ether oxygens (including phenoxy) is 1. The maximum atomic E-state index is 13.8. The third kappa shape index (κ3) is 2.23. The average Bonchev–Trinajstić information content (AvgIpc) is 3.30. The van der Waals surface area contributed by atoms with E-state index in [1.54, 1.807) is 11.5 Å². The second-order valence-electron chi connectivity index (χ2n) is 5.21. The normalized spacial score (nSPS) is 14.3. The van der Waals surface area contributed by atoms with Crippen molar-refractivity contribution in [1.82, 2.24) is 4.57 Å². The lowest BCUT2D eigenvalue weighted by Gasteiger charge is -2.15. The first-order valence-corrected chi connectivity index (χ1v) is 7.33. The number of nitrogens with two attached hydrogens (primary N) is 1. The second-order valence-corrected chi connectivity index (χ2v) is 5.59. The molecule has 1 saturated carbocycles. The molecule has 0 atom stereocenters. The van der Waals surface area contributed by atoms with Gasteiger partial charge in [0.25, 0.3) is 0 Å². The minimum Gasteiger partial charge on any atom is -0.462 e. The molecule has 2 aromatic rings. The van der Waals surface area contributed by atoms with Gasteiger partial charge in [0.15, 0.2) is 0 Å². The average molecular weight is 325 g/mol. The van der Waals surface area contributed by atoms with Crippen LogP contribution in [0.15, 0.2) is 17.1 Å². The summed E-state index contributed by atoms with van der Waals surface area (Å²) in [6.45, 7) is 1.80. The molecule has 0 aliphatic heterocycles. The van der Waals surface area contributed by atoms with Crippen LogP contribution in [0.2, 0.25) is 5.02 Å². The van der Waals surface area contributed by atoms with Crippen molar-refractivity contribution < 1.29 is 13.9 Å². The minimum atomic E-state index is -0.780. The van der Waals surface area contributed by atoms with Gasteiger partial charge < -0.3 is 15.0 Å². The van der Waals surface area contributed by atoms with Crippen molar-refractivity contribution in [1.29, 1.82) is 0 Å². The molecule has 22 heavy (non-hydrogen) atoms. The largest absolute Gasteiger partial charge is 0.462 e. The number of fused-ring (bicyclic) bond motifs is 1. The molecular weight excluding hydrogens is 311 g/mol. The van der Waals surface area contributed by atoms with Crippen LogP contribution in [0.25, 0.3) is 10.9 Å². The Labute approximate surface area is 130 Å². The number of halogens is 2. The van der Waals surface area contributed by atoms with Gasteiger partial charge in [-0.15, -0.1) is 0 Å². The fourth-order valence-electron chi connectivity index (χ4n) is 2.45. The van der Waals surface area contributed by atoms with Gasteiger partial charge in [-0.2, -0.15) is 0 Å². The summed E-state index contributed by atoms with van der Waals surface area (Å²) < 4.78 is 20.5. The summed E-state index contributed by atoms with van der Waals surface area (Å²) in [7, 11) is 0. The summed E-state index contributed by atoms with van der Waals surface area (Å²) in [6.07, 6.45) is 3.23. The lowest BCUT2D eigenvalue weighted by Crippen LogP contribution is -2.21. The van der Waals surface area contributed by atoms with E-state index in [0.29, 0.717) is 5.52 Å². The van der Waals surface area contributed by atoms with E-state index < -0.39 is 17.2 Å². The Morgan fingerprint density at radius 2 is 2.23 bits per heavy atom. The van der Waals surface area contributed by atoms with Gasteiger partial charge in [-0.05, 0) is 25.8 Å². The van der Waals surface area contributed by atoms with E-state index in [1.807, 2.05) is 0 Å². The van der Waals surface area contributed by atoms with Crippen LogP contribution in [0.3, 0.4) is 0 Å². The quantitative estimate of drug-likeness (QED) is 0.696. The highest BCUT2D eigenvalue weighted by molar-refractivity contribution is 6.37. The Hall–Kier alpha value is -2.08. The fourth-order valence-corrected chi connectivity index (χ4v) is 2.74. The maximum absolute atomic E-state index is 13.8. The van der Waals surface area contributed by atoms with E-state index in [2.05, 4.69) is 0 Å². The number of rotatable bonds is 3. The van der Waals surface area contributed by atoms with Gasteiger partial charge in [0.05, 0.1) is 28.2 Å². The highest BCUT2D eigenvalue weighted by Gasteiger charge is 2.29. The number of anilines is 1. The molecule has 1 aromatic heterocycles. The Morgan fingerprint density at radius 1 is 1.55 bits per heavy atom. The SMILES string of the molecule is CCOC(=O)c1cn(C2CC2)c2c(Cl)c(N)c(F)cc2c1=O. The minimum absolute atomic E-state index is 0.00518. The Balaban J connectivity index is 2.38. The molecule has 5 nitrogen and oxygen atoms in total. The van der Waals surface area contributed by atoms with Crippen molar-refractivity contribution in [2.24, 2.45) is 0 Å². The number of nitrogens with zero attached hydrogens (tertiary/aromatic N) is 1. The van der Waals surface area contributed by atoms with Crippen LogP contribution >= 0.6 is 11.6 Å². The summed E-state index contributed by atoms with van der Waals surface area (Å²) >= 11 is 6.13. The molecule has 116 valence electrons. The summed E-state index contributed by atoms with van der Waals surface area (Å²) in [6, 6.07) is 1.15. The molecule has 0 spiro atoms. The highest BCUT2D eigenvalue weighted by Crippen LogP contribution is 2.40. The maximum Gasteiger partial charge on any atom is 0.343 e. The summed E-state index contributed by atoms with van der Waals surface area (Å²) in [4.78, 5) is 24.4. The van der Waals surface area contributed by atoms with Crippen molar-refractivity contribution in [3.63, 3.8) is 0 Å². The molecule has 0 radical (unpaired) electrons. The van der Waals surface area contributed by atoms with Gasteiger partial charge in [-0.25, -0.2) is 9.18 Å².